The van der Waals surface area contributed by atoms with E-state index in [9.17, 15) is 5.11 Å². The molecule has 0 aliphatic carbocycles. The number of aliphatic imine (C=N–C) groups is 1. The van der Waals surface area contributed by atoms with Crippen molar-refractivity contribution in [3.63, 3.8) is 0 Å². The third-order valence-electron chi connectivity index (χ3n) is 2.44. The molecule has 0 radical (unpaired) electrons. The monoisotopic (exact) mass is 243 g/mol. The molecular formula is C14H13NO3. The Labute approximate surface area is 105 Å². The van der Waals surface area contributed by atoms with Gasteiger partial charge >= 0.3 is 0 Å². The number of hydrogen-bond donors (Lipinski definition) is 2. The summed E-state index contributed by atoms with van der Waals surface area (Å²) in [5.41, 5.74) is 1.26. The minimum atomic E-state index is 0.137. The maximum atomic E-state index is 9.67. The molecule has 0 saturated heterocycles. The van der Waals surface area contributed by atoms with Crippen LogP contribution in [0.3, 0.4) is 0 Å². The first-order chi connectivity index (χ1) is 8.69. The molecule has 0 amide bonds. The Kier molecular flexibility index (Phi) is 3.48. The number of rotatable bonds is 3. The van der Waals surface area contributed by atoms with Crippen LogP contribution < -0.4 is 4.74 Å². The van der Waals surface area contributed by atoms with Gasteiger partial charge in [0.15, 0.2) is 0 Å². The van der Waals surface area contributed by atoms with Crippen molar-refractivity contribution in [3.8, 4) is 17.2 Å². The quantitative estimate of drug-likeness (QED) is 0.815. The highest BCUT2D eigenvalue weighted by Gasteiger charge is 2.00. The molecule has 0 aliphatic rings. The number of ether oxygens (including phenoxy) is 1. The summed E-state index contributed by atoms with van der Waals surface area (Å²) in [6.45, 7) is 0. The molecule has 2 rings (SSSR count). The lowest BCUT2D eigenvalue weighted by atomic mass is 10.2. The molecule has 0 aliphatic heterocycles. The van der Waals surface area contributed by atoms with E-state index in [0.29, 0.717) is 17.0 Å². The minimum Gasteiger partial charge on any atom is -0.508 e. The largest absolute Gasteiger partial charge is 0.508 e. The van der Waals surface area contributed by atoms with Crippen LogP contribution >= 0.6 is 0 Å². The van der Waals surface area contributed by atoms with Crippen LogP contribution in [0.25, 0.3) is 0 Å². The van der Waals surface area contributed by atoms with Crippen molar-refractivity contribution in [1.82, 2.24) is 0 Å². The lowest BCUT2D eigenvalue weighted by Crippen LogP contribution is -1.86. The van der Waals surface area contributed by atoms with Crippen LogP contribution in [-0.4, -0.2) is 23.5 Å². The number of phenols is 2. The van der Waals surface area contributed by atoms with Gasteiger partial charge in [0.05, 0.1) is 12.8 Å². The zero-order valence-corrected chi connectivity index (χ0v) is 9.87. The second kappa shape index (κ2) is 5.23. The van der Waals surface area contributed by atoms with Crippen molar-refractivity contribution in [3.05, 3.63) is 48.0 Å². The summed E-state index contributed by atoms with van der Waals surface area (Å²) in [5.74, 6) is 0.983. The normalized spacial score (nSPS) is 10.7. The van der Waals surface area contributed by atoms with Crippen molar-refractivity contribution in [2.24, 2.45) is 4.99 Å². The van der Waals surface area contributed by atoms with E-state index in [4.69, 9.17) is 9.84 Å². The fourth-order valence-corrected chi connectivity index (χ4v) is 1.45. The summed E-state index contributed by atoms with van der Waals surface area (Å²) >= 11 is 0. The number of benzene rings is 2. The van der Waals surface area contributed by atoms with Gasteiger partial charge in [0.25, 0.3) is 0 Å². The van der Waals surface area contributed by atoms with E-state index in [0.717, 1.165) is 0 Å². The van der Waals surface area contributed by atoms with E-state index < -0.39 is 0 Å². The molecule has 0 atom stereocenters. The second-order valence-corrected chi connectivity index (χ2v) is 3.70. The van der Waals surface area contributed by atoms with Gasteiger partial charge in [-0.3, -0.25) is 4.99 Å². The lowest BCUT2D eigenvalue weighted by Gasteiger charge is -2.02. The molecule has 0 spiro atoms. The Morgan fingerprint density at radius 1 is 1.06 bits per heavy atom. The number of hydrogen-bond acceptors (Lipinski definition) is 4. The summed E-state index contributed by atoms with van der Waals surface area (Å²) in [6.07, 6.45) is 1.55. The Hall–Kier alpha value is -2.49. The fraction of sp³-hybridized carbons (Fsp3) is 0.0714. The van der Waals surface area contributed by atoms with Gasteiger partial charge in [0.1, 0.15) is 17.2 Å². The van der Waals surface area contributed by atoms with Crippen LogP contribution in [-0.2, 0) is 0 Å². The van der Waals surface area contributed by atoms with Crippen LogP contribution in [0.2, 0.25) is 0 Å². The standard InChI is InChI=1S/C14H13NO3/c1-18-13-6-7-14(17)10(8-13)9-15-11-2-4-12(16)5-3-11/h2-9,16-17H,1H3. The Morgan fingerprint density at radius 2 is 1.78 bits per heavy atom. The van der Waals surface area contributed by atoms with Crippen LogP contribution in [0, 0.1) is 0 Å². The maximum Gasteiger partial charge on any atom is 0.124 e. The third kappa shape index (κ3) is 2.79. The fourth-order valence-electron chi connectivity index (χ4n) is 1.45. The molecule has 0 aromatic heterocycles. The van der Waals surface area contributed by atoms with Crippen LogP contribution in [0.1, 0.15) is 5.56 Å². The van der Waals surface area contributed by atoms with E-state index in [-0.39, 0.29) is 11.5 Å². The second-order valence-electron chi connectivity index (χ2n) is 3.70. The maximum absolute atomic E-state index is 9.67. The zero-order valence-electron chi connectivity index (χ0n) is 9.87. The van der Waals surface area contributed by atoms with Crippen LogP contribution in [0.15, 0.2) is 47.5 Å². The topological polar surface area (TPSA) is 62.0 Å². The van der Waals surface area contributed by atoms with Gasteiger partial charge in [-0.15, -0.1) is 0 Å². The Bertz CT molecular complexity index is 562. The summed E-state index contributed by atoms with van der Waals surface area (Å²) in [5, 5.41) is 18.8. The van der Waals surface area contributed by atoms with Gasteiger partial charge in [-0.1, -0.05) is 0 Å². The van der Waals surface area contributed by atoms with E-state index in [2.05, 4.69) is 4.99 Å². The number of nitrogens with zero attached hydrogens (tertiary/aromatic N) is 1. The van der Waals surface area contributed by atoms with Gasteiger partial charge in [-0.2, -0.15) is 0 Å². The molecule has 4 nitrogen and oxygen atoms in total. The predicted octanol–water partition coefficient (Wildman–Crippen LogP) is 2.86. The Balaban J connectivity index is 2.25. The molecular weight excluding hydrogens is 230 g/mol. The van der Waals surface area contributed by atoms with Gasteiger partial charge in [0.2, 0.25) is 0 Å². The highest BCUT2D eigenvalue weighted by atomic mass is 16.5. The van der Waals surface area contributed by atoms with E-state index in [1.165, 1.54) is 0 Å². The van der Waals surface area contributed by atoms with Gasteiger partial charge in [-0.25, -0.2) is 0 Å². The SMILES string of the molecule is COc1ccc(O)c(C=Nc2ccc(O)cc2)c1. The average Bonchev–Trinajstić information content (AvgIpc) is 2.40. The lowest BCUT2D eigenvalue weighted by molar-refractivity contribution is 0.412. The number of aromatic hydroxyl groups is 2. The first-order valence-corrected chi connectivity index (χ1v) is 5.39. The third-order valence-corrected chi connectivity index (χ3v) is 2.44. The summed E-state index contributed by atoms with van der Waals surface area (Å²) in [6, 6.07) is 11.4. The van der Waals surface area contributed by atoms with E-state index >= 15 is 0 Å². The Morgan fingerprint density at radius 3 is 2.44 bits per heavy atom. The molecule has 92 valence electrons. The van der Waals surface area contributed by atoms with Crippen molar-refractivity contribution < 1.29 is 14.9 Å². The van der Waals surface area contributed by atoms with Crippen molar-refractivity contribution in [2.75, 3.05) is 7.11 Å². The highest BCUT2D eigenvalue weighted by molar-refractivity contribution is 5.85. The van der Waals surface area contributed by atoms with Crippen molar-refractivity contribution in [1.29, 1.82) is 0 Å². The first kappa shape index (κ1) is 12.0. The minimum absolute atomic E-state index is 0.137. The van der Waals surface area contributed by atoms with E-state index in [1.54, 1.807) is 55.8 Å². The molecule has 4 heteroatoms. The molecule has 0 heterocycles. The molecule has 0 bridgehead atoms. The van der Waals surface area contributed by atoms with Gasteiger partial charge in [-0.05, 0) is 42.5 Å². The van der Waals surface area contributed by atoms with Crippen LogP contribution in [0.5, 0.6) is 17.2 Å². The molecule has 0 unspecified atom stereocenters. The van der Waals surface area contributed by atoms with Crippen LogP contribution in [0.4, 0.5) is 5.69 Å². The summed E-state index contributed by atoms with van der Waals surface area (Å²) in [4.78, 5) is 4.20. The van der Waals surface area contributed by atoms with Crippen molar-refractivity contribution in [2.45, 2.75) is 0 Å². The van der Waals surface area contributed by atoms with E-state index in [1.807, 2.05) is 0 Å². The predicted molar refractivity (Wildman–Crippen MR) is 70.0 cm³/mol. The average molecular weight is 243 g/mol. The molecule has 18 heavy (non-hydrogen) atoms. The first-order valence-electron chi connectivity index (χ1n) is 5.39. The number of phenolic OH excluding ortho intramolecular Hbond substituents is 2. The molecule has 2 aromatic carbocycles. The molecule has 2 N–H and O–H groups in total. The summed E-state index contributed by atoms with van der Waals surface area (Å²) < 4.78 is 5.07. The van der Waals surface area contributed by atoms with Gasteiger partial charge in [0, 0.05) is 11.8 Å². The zero-order chi connectivity index (χ0) is 13.0. The summed E-state index contributed by atoms with van der Waals surface area (Å²) in [7, 11) is 1.56. The van der Waals surface area contributed by atoms with Crippen molar-refractivity contribution >= 4 is 11.9 Å². The highest BCUT2D eigenvalue weighted by Crippen LogP contribution is 2.22. The smallest absolute Gasteiger partial charge is 0.124 e. The number of methoxy groups -OCH3 is 1. The van der Waals surface area contributed by atoms with Gasteiger partial charge < -0.3 is 14.9 Å². The molecule has 2 aromatic rings. The molecule has 0 saturated carbocycles. The molecule has 0 fully saturated rings.